The van der Waals surface area contributed by atoms with Crippen LogP contribution in [0.15, 0.2) is 10.9 Å². The maximum Gasteiger partial charge on any atom is 0.271 e. The first-order valence-corrected chi connectivity index (χ1v) is 7.69. The lowest BCUT2D eigenvalue weighted by Gasteiger charge is -2.31. The van der Waals surface area contributed by atoms with Crippen LogP contribution in [-0.2, 0) is 9.53 Å². The Morgan fingerprint density at radius 1 is 1.55 bits per heavy atom. The molecule has 6 nitrogen and oxygen atoms in total. The molecule has 2 aliphatic heterocycles. The van der Waals surface area contributed by atoms with Crippen LogP contribution >= 0.6 is 11.3 Å². The van der Waals surface area contributed by atoms with Gasteiger partial charge in [0.15, 0.2) is 0 Å². The van der Waals surface area contributed by atoms with Gasteiger partial charge in [0, 0.05) is 25.5 Å². The van der Waals surface area contributed by atoms with E-state index in [1.807, 2.05) is 4.90 Å². The van der Waals surface area contributed by atoms with Gasteiger partial charge in [-0.1, -0.05) is 0 Å². The summed E-state index contributed by atoms with van der Waals surface area (Å²) >= 11 is 1.39. The van der Waals surface area contributed by atoms with Crippen molar-refractivity contribution in [1.29, 1.82) is 0 Å². The second-order valence-electron chi connectivity index (χ2n) is 5.17. The molecule has 1 aromatic rings. The first-order valence-electron chi connectivity index (χ1n) is 6.74. The number of hydrogen-bond donors (Lipinski definition) is 1. The third-order valence-corrected chi connectivity index (χ3v) is 4.50. The number of nitrogens with zero attached hydrogens (tertiary/aromatic N) is 2. The molecular weight excluding hydrogens is 278 g/mol. The fraction of sp³-hybridized carbons (Fsp3) is 0.615. The molecule has 0 saturated carbocycles. The molecule has 2 fully saturated rings. The normalized spacial score (nSPS) is 29.1. The molecule has 3 atom stereocenters. The van der Waals surface area contributed by atoms with E-state index in [2.05, 4.69) is 10.3 Å². The lowest BCUT2D eigenvalue weighted by molar-refractivity contribution is -0.132. The lowest BCUT2D eigenvalue weighted by atomic mass is 10.0. The van der Waals surface area contributed by atoms with Gasteiger partial charge in [0.2, 0.25) is 5.91 Å². The highest BCUT2D eigenvalue weighted by molar-refractivity contribution is 7.07. The zero-order valence-electron chi connectivity index (χ0n) is 11.2. The summed E-state index contributed by atoms with van der Waals surface area (Å²) in [6.45, 7) is 2.77. The molecule has 0 aromatic carbocycles. The van der Waals surface area contributed by atoms with E-state index in [9.17, 15) is 9.59 Å². The maximum absolute atomic E-state index is 12.1. The predicted octanol–water partition coefficient (Wildman–Crippen LogP) is 0.651. The minimum atomic E-state index is -0.199. The molecule has 0 aliphatic carbocycles. The zero-order valence-corrected chi connectivity index (χ0v) is 12.1. The van der Waals surface area contributed by atoms with Crippen LogP contribution in [0.2, 0.25) is 0 Å². The highest BCUT2D eigenvalue weighted by Gasteiger charge is 2.45. The summed E-state index contributed by atoms with van der Waals surface area (Å²) in [4.78, 5) is 29.6. The van der Waals surface area contributed by atoms with Crippen LogP contribution in [0.5, 0.6) is 0 Å². The molecule has 108 valence electrons. The Labute approximate surface area is 121 Å². The molecule has 20 heavy (non-hydrogen) atoms. The maximum atomic E-state index is 12.1. The van der Waals surface area contributed by atoms with Crippen molar-refractivity contribution >= 4 is 23.2 Å². The summed E-state index contributed by atoms with van der Waals surface area (Å²) in [5.74, 6) is -0.162. The predicted molar refractivity (Wildman–Crippen MR) is 73.5 cm³/mol. The van der Waals surface area contributed by atoms with Gasteiger partial charge >= 0.3 is 0 Å². The summed E-state index contributed by atoms with van der Waals surface area (Å²) in [5.41, 5.74) is 2.05. The van der Waals surface area contributed by atoms with Crippen LogP contribution in [0.1, 0.15) is 30.3 Å². The van der Waals surface area contributed by atoms with E-state index < -0.39 is 0 Å². The number of carbonyl (C=O) groups is 2. The number of amides is 2. The molecule has 1 N–H and O–H groups in total. The van der Waals surface area contributed by atoms with Gasteiger partial charge in [-0.25, -0.2) is 4.98 Å². The van der Waals surface area contributed by atoms with Crippen LogP contribution < -0.4 is 5.32 Å². The Kier molecular flexibility index (Phi) is 3.71. The number of ether oxygens (including phenoxy) is 1. The van der Waals surface area contributed by atoms with E-state index in [1.54, 1.807) is 17.8 Å². The van der Waals surface area contributed by atoms with Crippen LogP contribution in [0.4, 0.5) is 0 Å². The van der Waals surface area contributed by atoms with E-state index in [1.165, 1.54) is 11.3 Å². The van der Waals surface area contributed by atoms with Crippen molar-refractivity contribution in [3.05, 3.63) is 16.6 Å². The molecule has 2 amide bonds. The van der Waals surface area contributed by atoms with Gasteiger partial charge in [-0.05, 0) is 12.8 Å². The molecule has 0 unspecified atom stereocenters. The standard InChI is InChI=1S/C13H17N3O3S/c1-8(17)16-5-9(12-11(16)3-2-4-19-12)15-13(18)10-6-20-7-14-10/h6-7,9,11-12H,2-5H2,1H3,(H,15,18)/t9-,11-,12-/m0/s1. The fourth-order valence-corrected chi connectivity index (χ4v) is 3.54. The average Bonchev–Trinajstić information content (AvgIpc) is 3.07. The smallest absolute Gasteiger partial charge is 0.271 e. The number of hydrogen-bond acceptors (Lipinski definition) is 5. The summed E-state index contributed by atoms with van der Waals surface area (Å²) in [5, 5.41) is 4.67. The molecule has 2 aliphatic rings. The Balaban J connectivity index is 1.73. The van der Waals surface area contributed by atoms with Crippen molar-refractivity contribution in [2.45, 2.75) is 38.0 Å². The lowest BCUT2D eigenvalue weighted by Crippen LogP contribution is -2.47. The largest absolute Gasteiger partial charge is 0.374 e. The molecule has 3 rings (SSSR count). The average molecular weight is 295 g/mol. The quantitative estimate of drug-likeness (QED) is 0.869. The molecule has 3 heterocycles. The summed E-state index contributed by atoms with van der Waals surface area (Å²) in [6, 6.07) is -0.0691. The minimum absolute atomic E-state index is 0.0379. The van der Waals surface area contributed by atoms with Crippen LogP contribution in [0.3, 0.4) is 0 Å². The third kappa shape index (κ3) is 2.43. The SMILES string of the molecule is CC(=O)N1C[C@H](NC(=O)c2cscn2)[C@@H]2OCCC[C@@H]21. The monoisotopic (exact) mass is 295 g/mol. The molecule has 0 bridgehead atoms. The Bertz CT molecular complexity index is 505. The number of likely N-dealkylation sites (tertiary alicyclic amines) is 1. The minimum Gasteiger partial charge on any atom is -0.374 e. The van der Waals surface area contributed by atoms with E-state index in [0.717, 1.165) is 12.8 Å². The summed E-state index contributed by atoms with van der Waals surface area (Å²) in [6.07, 6.45) is 1.79. The van der Waals surface area contributed by atoms with Crippen molar-refractivity contribution < 1.29 is 14.3 Å². The van der Waals surface area contributed by atoms with Gasteiger partial charge in [0.1, 0.15) is 5.69 Å². The molecular formula is C13H17N3O3S. The first kappa shape index (κ1) is 13.5. The van der Waals surface area contributed by atoms with Gasteiger partial charge in [-0.15, -0.1) is 11.3 Å². The van der Waals surface area contributed by atoms with Gasteiger partial charge in [0.25, 0.3) is 5.91 Å². The number of fused-ring (bicyclic) bond motifs is 1. The Hall–Kier alpha value is -1.47. The van der Waals surface area contributed by atoms with Crippen LogP contribution in [0.25, 0.3) is 0 Å². The van der Waals surface area contributed by atoms with Gasteiger partial charge in [-0.3, -0.25) is 9.59 Å². The van der Waals surface area contributed by atoms with Crippen molar-refractivity contribution in [2.24, 2.45) is 0 Å². The van der Waals surface area contributed by atoms with E-state index in [0.29, 0.717) is 18.8 Å². The van der Waals surface area contributed by atoms with Gasteiger partial charge in [-0.2, -0.15) is 0 Å². The highest BCUT2D eigenvalue weighted by Crippen LogP contribution is 2.29. The molecule has 0 spiro atoms. The number of nitrogens with one attached hydrogen (secondary N) is 1. The zero-order chi connectivity index (χ0) is 14.1. The number of rotatable bonds is 2. The first-order chi connectivity index (χ1) is 9.66. The van der Waals surface area contributed by atoms with Crippen molar-refractivity contribution in [2.75, 3.05) is 13.2 Å². The number of aromatic nitrogens is 1. The molecule has 0 radical (unpaired) electrons. The second kappa shape index (κ2) is 5.49. The van der Waals surface area contributed by atoms with Crippen LogP contribution in [-0.4, -0.2) is 53.0 Å². The summed E-state index contributed by atoms with van der Waals surface area (Å²) in [7, 11) is 0. The number of thiazole rings is 1. The van der Waals surface area contributed by atoms with Crippen molar-refractivity contribution in [3.63, 3.8) is 0 Å². The second-order valence-corrected chi connectivity index (χ2v) is 5.89. The van der Waals surface area contributed by atoms with Crippen LogP contribution in [0, 0.1) is 0 Å². The Morgan fingerprint density at radius 3 is 3.10 bits per heavy atom. The fourth-order valence-electron chi connectivity index (χ4n) is 3.01. The van der Waals surface area contributed by atoms with E-state index in [-0.39, 0.29) is 30.0 Å². The third-order valence-electron chi connectivity index (χ3n) is 3.91. The molecule has 1 aromatic heterocycles. The highest BCUT2D eigenvalue weighted by atomic mass is 32.1. The Morgan fingerprint density at radius 2 is 2.40 bits per heavy atom. The molecule has 2 saturated heterocycles. The molecule has 7 heteroatoms. The van der Waals surface area contributed by atoms with Gasteiger partial charge in [0.05, 0.1) is 23.7 Å². The van der Waals surface area contributed by atoms with E-state index in [4.69, 9.17) is 4.74 Å². The topological polar surface area (TPSA) is 71.5 Å². The summed E-state index contributed by atoms with van der Waals surface area (Å²) < 4.78 is 5.79. The number of carbonyl (C=O) groups excluding carboxylic acids is 2. The van der Waals surface area contributed by atoms with Gasteiger partial charge < -0.3 is 15.0 Å². The van der Waals surface area contributed by atoms with E-state index >= 15 is 0 Å². The van der Waals surface area contributed by atoms with Crippen molar-refractivity contribution in [3.8, 4) is 0 Å². The van der Waals surface area contributed by atoms with Crippen molar-refractivity contribution in [1.82, 2.24) is 15.2 Å².